The van der Waals surface area contributed by atoms with Crippen LogP contribution in [0.2, 0.25) is 0 Å². The van der Waals surface area contributed by atoms with Crippen molar-refractivity contribution >= 4 is 5.91 Å². The highest BCUT2D eigenvalue weighted by atomic mass is 16.9. The van der Waals surface area contributed by atoms with Gasteiger partial charge in [-0.05, 0) is 31.9 Å². The van der Waals surface area contributed by atoms with Crippen LogP contribution >= 0.6 is 0 Å². The van der Waals surface area contributed by atoms with Crippen molar-refractivity contribution in [1.29, 1.82) is 0 Å². The van der Waals surface area contributed by atoms with E-state index in [1.54, 1.807) is 19.9 Å². The number of rotatable bonds is 14. The average Bonchev–Trinajstić information content (AvgIpc) is 2.65. The summed E-state index contributed by atoms with van der Waals surface area (Å²) in [5.41, 5.74) is -0.0109. The second kappa shape index (κ2) is 11.9. The molecule has 0 saturated carbocycles. The summed E-state index contributed by atoms with van der Waals surface area (Å²) in [5.74, 6) is 0.367. The maximum absolute atomic E-state index is 12.0. The highest BCUT2D eigenvalue weighted by molar-refractivity contribution is 5.81. The number of para-hydroxylation sites is 1. The molecule has 28 heavy (non-hydrogen) atoms. The SMILES string of the molecule is C=CCc1ccccc1OCC(O)CNCCNC(=O)C(C)(C)CO[N+](=O)[O-]. The predicted molar refractivity (Wildman–Crippen MR) is 104 cm³/mol. The molecule has 9 heteroatoms. The second-order valence-corrected chi connectivity index (χ2v) is 6.91. The molecule has 1 unspecified atom stereocenters. The minimum atomic E-state index is -1.01. The molecule has 1 aromatic carbocycles. The minimum Gasteiger partial charge on any atom is -0.491 e. The highest BCUT2D eigenvalue weighted by Crippen LogP contribution is 2.19. The summed E-state index contributed by atoms with van der Waals surface area (Å²) in [6.07, 6.45) is 1.77. The van der Waals surface area contributed by atoms with Crippen LogP contribution in [0.3, 0.4) is 0 Å². The summed E-state index contributed by atoms with van der Waals surface area (Å²) >= 11 is 0. The van der Waals surface area contributed by atoms with Crippen molar-refractivity contribution in [3.05, 3.63) is 52.6 Å². The third-order valence-electron chi connectivity index (χ3n) is 3.88. The highest BCUT2D eigenvalue weighted by Gasteiger charge is 2.28. The molecule has 1 atom stereocenters. The van der Waals surface area contributed by atoms with E-state index in [1.165, 1.54) is 0 Å². The maximum atomic E-state index is 12.0. The van der Waals surface area contributed by atoms with Crippen molar-refractivity contribution in [3.63, 3.8) is 0 Å². The van der Waals surface area contributed by atoms with E-state index in [0.717, 1.165) is 5.56 Å². The van der Waals surface area contributed by atoms with Crippen molar-refractivity contribution in [1.82, 2.24) is 10.6 Å². The van der Waals surface area contributed by atoms with Crippen molar-refractivity contribution in [3.8, 4) is 5.75 Å². The first-order chi connectivity index (χ1) is 13.3. The van der Waals surface area contributed by atoms with Crippen LogP contribution in [0.5, 0.6) is 5.75 Å². The van der Waals surface area contributed by atoms with Gasteiger partial charge >= 0.3 is 0 Å². The van der Waals surface area contributed by atoms with Crippen molar-refractivity contribution in [2.45, 2.75) is 26.4 Å². The van der Waals surface area contributed by atoms with E-state index in [4.69, 9.17) is 4.74 Å². The lowest BCUT2D eigenvalue weighted by Gasteiger charge is -2.22. The van der Waals surface area contributed by atoms with Gasteiger partial charge in [0.2, 0.25) is 5.91 Å². The molecule has 1 aromatic rings. The van der Waals surface area contributed by atoms with Crippen molar-refractivity contribution < 1.29 is 24.6 Å². The van der Waals surface area contributed by atoms with Crippen LogP contribution in [0.4, 0.5) is 0 Å². The van der Waals surface area contributed by atoms with Gasteiger partial charge in [0.1, 0.15) is 25.1 Å². The molecule has 3 N–H and O–H groups in total. The topological polar surface area (TPSA) is 123 Å². The Morgan fingerprint density at radius 1 is 1.39 bits per heavy atom. The van der Waals surface area contributed by atoms with Gasteiger partial charge in [-0.3, -0.25) is 4.79 Å². The number of aliphatic hydroxyl groups is 1. The molecule has 1 amide bonds. The normalized spacial score (nSPS) is 12.1. The smallest absolute Gasteiger partial charge is 0.294 e. The van der Waals surface area contributed by atoms with E-state index in [0.29, 0.717) is 31.8 Å². The first-order valence-electron chi connectivity index (χ1n) is 9.02. The van der Waals surface area contributed by atoms with E-state index in [-0.39, 0.29) is 19.1 Å². The number of hydrogen-bond donors (Lipinski definition) is 3. The lowest BCUT2D eigenvalue weighted by molar-refractivity contribution is -0.760. The quantitative estimate of drug-likeness (QED) is 0.186. The fraction of sp³-hybridized carbons (Fsp3) is 0.526. The Bertz CT molecular complexity index is 650. The van der Waals surface area contributed by atoms with Crippen LogP contribution in [-0.4, -0.2) is 55.1 Å². The standard InChI is InChI=1S/C19H29N3O6/c1-4-7-15-8-5-6-9-17(15)27-13-16(23)12-20-10-11-21-18(24)19(2,3)14-28-22(25)26/h4-6,8-9,16,20,23H,1,7,10-14H2,2-3H3,(H,21,24). The number of carbonyl (C=O) groups excluding carboxylic acids is 1. The number of allylic oxidation sites excluding steroid dienone is 1. The Kier molecular flexibility index (Phi) is 9.97. The van der Waals surface area contributed by atoms with Gasteiger partial charge in [0.05, 0.1) is 5.41 Å². The van der Waals surface area contributed by atoms with Gasteiger partial charge in [0, 0.05) is 19.6 Å². The Morgan fingerprint density at radius 2 is 2.11 bits per heavy atom. The largest absolute Gasteiger partial charge is 0.491 e. The van der Waals surface area contributed by atoms with Crippen LogP contribution in [0, 0.1) is 15.5 Å². The molecule has 0 aliphatic heterocycles. The Labute approximate surface area is 164 Å². The number of hydrogen-bond acceptors (Lipinski definition) is 7. The summed E-state index contributed by atoms with van der Waals surface area (Å²) in [6, 6.07) is 7.58. The average molecular weight is 395 g/mol. The van der Waals surface area contributed by atoms with Crippen LogP contribution in [0.25, 0.3) is 0 Å². The van der Waals surface area contributed by atoms with Gasteiger partial charge in [0.25, 0.3) is 5.09 Å². The number of aliphatic hydroxyl groups excluding tert-OH is 1. The number of nitrogens with one attached hydrogen (secondary N) is 2. The Balaban J connectivity index is 2.23. The van der Waals surface area contributed by atoms with Crippen LogP contribution in [0.1, 0.15) is 19.4 Å². The molecule has 0 spiro atoms. The third kappa shape index (κ3) is 8.83. The summed E-state index contributed by atoms with van der Waals surface area (Å²) in [4.78, 5) is 26.5. The molecule has 0 aliphatic rings. The summed E-state index contributed by atoms with van der Waals surface area (Å²) in [5, 5.41) is 25.0. The maximum Gasteiger partial charge on any atom is 0.294 e. The molecule has 0 bridgehead atoms. The van der Waals surface area contributed by atoms with Gasteiger partial charge in [-0.15, -0.1) is 16.7 Å². The minimum absolute atomic E-state index is 0.138. The van der Waals surface area contributed by atoms with E-state index < -0.39 is 16.6 Å². The van der Waals surface area contributed by atoms with Gasteiger partial charge in [-0.1, -0.05) is 24.3 Å². The third-order valence-corrected chi connectivity index (χ3v) is 3.88. The molecule has 156 valence electrons. The molecule has 0 heterocycles. The lowest BCUT2D eigenvalue weighted by atomic mass is 9.94. The fourth-order valence-electron chi connectivity index (χ4n) is 2.27. The van der Waals surface area contributed by atoms with Crippen LogP contribution in [0.15, 0.2) is 36.9 Å². The van der Waals surface area contributed by atoms with Gasteiger partial charge in [-0.25, -0.2) is 0 Å². The number of nitrogens with zero attached hydrogens (tertiary/aromatic N) is 1. The van der Waals surface area contributed by atoms with Crippen LogP contribution < -0.4 is 15.4 Å². The molecule has 0 saturated heterocycles. The van der Waals surface area contributed by atoms with E-state index in [9.17, 15) is 20.0 Å². The fourth-order valence-corrected chi connectivity index (χ4v) is 2.27. The first-order valence-corrected chi connectivity index (χ1v) is 9.02. The number of ether oxygens (including phenoxy) is 1. The Morgan fingerprint density at radius 3 is 2.79 bits per heavy atom. The molecular formula is C19H29N3O6. The predicted octanol–water partition coefficient (Wildman–Crippen LogP) is 1.10. The van der Waals surface area contributed by atoms with Gasteiger partial charge < -0.3 is 25.3 Å². The van der Waals surface area contributed by atoms with Crippen molar-refractivity contribution in [2.75, 3.05) is 32.8 Å². The summed E-state index contributed by atoms with van der Waals surface area (Å²) < 4.78 is 5.66. The first kappa shape index (κ1) is 23.4. The molecule has 0 radical (unpaired) electrons. The van der Waals surface area contributed by atoms with E-state index in [2.05, 4.69) is 22.1 Å². The van der Waals surface area contributed by atoms with Gasteiger partial charge in [0.15, 0.2) is 0 Å². The van der Waals surface area contributed by atoms with Gasteiger partial charge in [-0.2, -0.15) is 0 Å². The monoisotopic (exact) mass is 395 g/mol. The molecule has 9 nitrogen and oxygen atoms in total. The van der Waals surface area contributed by atoms with Crippen molar-refractivity contribution in [2.24, 2.45) is 5.41 Å². The zero-order chi connectivity index (χ0) is 21.0. The molecule has 0 aliphatic carbocycles. The number of carbonyl (C=O) groups is 1. The van der Waals surface area contributed by atoms with E-state index in [1.807, 2.05) is 24.3 Å². The summed E-state index contributed by atoms with van der Waals surface area (Å²) in [6.45, 7) is 7.70. The number of amides is 1. The molecular weight excluding hydrogens is 366 g/mol. The zero-order valence-corrected chi connectivity index (χ0v) is 16.3. The molecule has 1 rings (SSSR count). The number of benzene rings is 1. The second-order valence-electron chi connectivity index (χ2n) is 6.91. The Hall–Kier alpha value is -2.65. The lowest BCUT2D eigenvalue weighted by Crippen LogP contribution is -2.43. The molecule has 0 fully saturated rings. The van der Waals surface area contributed by atoms with E-state index >= 15 is 0 Å². The summed E-state index contributed by atoms with van der Waals surface area (Å²) in [7, 11) is 0. The van der Waals surface area contributed by atoms with Crippen LogP contribution in [-0.2, 0) is 16.1 Å². The zero-order valence-electron chi connectivity index (χ0n) is 16.3. The molecule has 0 aromatic heterocycles.